The third kappa shape index (κ3) is 4.26. The molecule has 0 amide bonds. The Morgan fingerprint density at radius 2 is 1.71 bits per heavy atom. The van der Waals surface area contributed by atoms with Crippen molar-refractivity contribution in [1.82, 2.24) is 4.98 Å². The summed E-state index contributed by atoms with van der Waals surface area (Å²) >= 11 is 0. The first-order chi connectivity index (χ1) is 17.0. The minimum absolute atomic E-state index is 0.135. The monoisotopic (exact) mass is 469 g/mol. The third-order valence-corrected chi connectivity index (χ3v) is 6.55. The summed E-state index contributed by atoms with van der Waals surface area (Å²) in [6, 6.07) is 16.7. The highest BCUT2D eigenvalue weighted by Gasteiger charge is 2.27. The number of ether oxygens (including phenoxy) is 1. The van der Waals surface area contributed by atoms with E-state index in [1.54, 1.807) is 42.5 Å². The lowest BCUT2D eigenvalue weighted by Crippen LogP contribution is -2.16. The summed E-state index contributed by atoms with van der Waals surface area (Å²) in [7, 11) is 0. The van der Waals surface area contributed by atoms with Crippen molar-refractivity contribution in [3.05, 3.63) is 83.2 Å². The smallest absolute Gasteiger partial charge is 0.335 e. The van der Waals surface area contributed by atoms with E-state index in [0.29, 0.717) is 30.0 Å². The molecule has 0 bridgehead atoms. The number of carboxylic acids is 1. The number of nitrogen functional groups attached to an aromatic ring is 1. The fourth-order valence-electron chi connectivity index (χ4n) is 4.79. The van der Waals surface area contributed by atoms with Crippen molar-refractivity contribution in [3.8, 4) is 22.4 Å². The number of pyridine rings is 1. The SMILES string of the molecule is N=Cc1cc2c(-c3ccc(F)cc3)c(C3CCOCC3)c(-c3ccc(C(=O)O)cc3)nc2cc1N. The van der Waals surface area contributed by atoms with Crippen LogP contribution in [0.1, 0.15) is 40.2 Å². The van der Waals surface area contributed by atoms with Crippen LogP contribution in [0.3, 0.4) is 0 Å². The number of fused-ring (bicyclic) bond motifs is 1. The third-order valence-electron chi connectivity index (χ3n) is 6.55. The number of nitrogens with one attached hydrogen (secondary N) is 1. The summed E-state index contributed by atoms with van der Waals surface area (Å²) in [5, 5.41) is 18.0. The molecule has 0 saturated carbocycles. The Kier molecular flexibility index (Phi) is 6.01. The number of hydrogen-bond acceptors (Lipinski definition) is 5. The Bertz CT molecular complexity index is 1430. The summed E-state index contributed by atoms with van der Waals surface area (Å²) in [5.41, 5.74) is 12.4. The van der Waals surface area contributed by atoms with Crippen molar-refractivity contribution in [2.45, 2.75) is 18.8 Å². The molecule has 176 valence electrons. The molecule has 35 heavy (non-hydrogen) atoms. The topological polar surface area (TPSA) is 109 Å². The molecule has 1 aliphatic rings. The molecule has 1 aromatic heterocycles. The van der Waals surface area contributed by atoms with Gasteiger partial charge in [-0.25, -0.2) is 14.2 Å². The van der Waals surface area contributed by atoms with E-state index < -0.39 is 5.97 Å². The maximum atomic E-state index is 13.9. The summed E-state index contributed by atoms with van der Waals surface area (Å²) in [5.74, 6) is -1.18. The van der Waals surface area contributed by atoms with Gasteiger partial charge in [-0.05, 0) is 71.8 Å². The molecule has 1 aliphatic heterocycles. The lowest BCUT2D eigenvalue weighted by molar-refractivity contribution is 0.0697. The summed E-state index contributed by atoms with van der Waals surface area (Å²) in [6.45, 7) is 1.24. The normalized spacial score (nSPS) is 14.2. The number of aromatic carboxylic acids is 1. The van der Waals surface area contributed by atoms with E-state index in [2.05, 4.69) is 0 Å². The molecule has 1 fully saturated rings. The molecule has 2 heterocycles. The van der Waals surface area contributed by atoms with Gasteiger partial charge < -0.3 is 21.0 Å². The Labute approximate surface area is 201 Å². The van der Waals surface area contributed by atoms with Crippen molar-refractivity contribution in [3.63, 3.8) is 0 Å². The lowest BCUT2D eigenvalue weighted by Gasteiger charge is -2.28. The Morgan fingerprint density at radius 1 is 1.06 bits per heavy atom. The quantitative estimate of drug-likeness (QED) is 0.250. The second-order valence-corrected chi connectivity index (χ2v) is 8.67. The Morgan fingerprint density at radius 3 is 2.34 bits per heavy atom. The van der Waals surface area contributed by atoms with Gasteiger partial charge in [0.2, 0.25) is 0 Å². The highest BCUT2D eigenvalue weighted by atomic mass is 19.1. The molecule has 5 rings (SSSR count). The van der Waals surface area contributed by atoms with Crippen LogP contribution in [0.15, 0.2) is 60.7 Å². The second kappa shape index (κ2) is 9.27. The second-order valence-electron chi connectivity index (χ2n) is 8.67. The van der Waals surface area contributed by atoms with Crippen LogP contribution >= 0.6 is 0 Å². The van der Waals surface area contributed by atoms with Gasteiger partial charge >= 0.3 is 5.97 Å². The zero-order valence-electron chi connectivity index (χ0n) is 18.9. The van der Waals surface area contributed by atoms with E-state index >= 15 is 0 Å². The average Bonchev–Trinajstić information content (AvgIpc) is 2.88. The molecule has 0 spiro atoms. The molecule has 0 atom stereocenters. The first-order valence-electron chi connectivity index (χ1n) is 11.4. The van der Waals surface area contributed by atoms with Crippen molar-refractivity contribution < 1.29 is 19.0 Å². The van der Waals surface area contributed by atoms with Crippen LogP contribution in [0.25, 0.3) is 33.3 Å². The van der Waals surface area contributed by atoms with Crippen molar-refractivity contribution in [2.75, 3.05) is 18.9 Å². The molecule has 0 radical (unpaired) electrons. The average molecular weight is 470 g/mol. The number of benzene rings is 3. The Hall–Kier alpha value is -4.10. The first-order valence-corrected chi connectivity index (χ1v) is 11.4. The fraction of sp³-hybridized carbons (Fsp3) is 0.179. The van der Waals surface area contributed by atoms with Gasteiger partial charge in [0.05, 0.1) is 16.8 Å². The number of halogens is 1. The summed E-state index contributed by atoms with van der Waals surface area (Å²) in [6.07, 6.45) is 2.82. The molecular formula is C28H24FN3O3. The predicted octanol–water partition coefficient (Wildman–Crippen LogP) is 5.88. The molecule has 4 aromatic rings. The van der Waals surface area contributed by atoms with Gasteiger partial charge in [-0.2, -0.15) is 0 Å². The number of anilines is 1. The molecule has 3 aromatic carbocycles. The molecule has 6 nitrogen and oxygen atoms in total. The largest absolute Gasteiger partial charge is 0.478 e. The van der Waals surface area contributed by atoms with E-state index in [1.165, 1.54) is 18.3 Å². The molecule has 0 unspecified atom stereocenters. The molecule has 7 heteroatoms. The van der Waals surface area contributed by atoms with Gasteiger partial charge in [-0.1, -0.05) is 24.3 Å². The maximum absolute atomic E-state index is 13.9. The highest BCUT2D eigenvalue weighted by molar-refractivity contribution is 6.04. The van der Waals surface area contributed by atoms with Crippen molar-refractivity contribution >= 4 is 28.8 Å². The maximum Gasteiger partial charge on any atom is 0.335 e. The van der Waals surface area contributed by atoms with Crippen LogP contribution in [-0.2, 0) is 4.74 Å². The van der Waals surface area contributed by atoms with Crippen LogP contribution in [0.2, 0.25) is 0 Å². The van der Waals surface area contributed by atoms with Crippen LogP contribution in [-0.4, -0.2) is 35.5 Å². The summed E-state index contributed by atoms with van der Waals surface area (Å²) < 4.78 is 19.5. The fourth-order valence-corrected chi connectivity index (χ4v) is 4.79. The van der Waals surface area contributed by atoms with Crippen molar-refractivity contribution in [1.29, 1.82) is 5.41 Å². The standard InChI is InChI=1S/C28H24FN3O3/c29-21-7-5-16(6-8-21)25-22-13-20(15-30)23(31)14-24(22)32-27(26(25)17-9-11-35-12-10-17)18-1-3-19(4-2-18)28(33)34/h1-8,13-15,17,30H,9-12,31H2,(H,33,34). The van der Waals surface area contributed by atoms with Gasteiger partial charge in [0, 0.05) is 41.6 Å². The van der Waals surface area contributed by atoms with E-state index in [4.69, 9.17) is 20.9 Å². The van der Waals surface area contributed by atoms with Crippen LogP contribution in [0.5, 0.6) is 0 Å². The number of nitrogens with zero attached hydrogens (tertiary/aromatic N) is 1. The molecular weight excluding hydrogens is 445 g/mol. The number of rotatable bonds is 5. The van der Waals surface area contributed by atoms with Gasteiger partial charge in [0.15, 0.2) is 0 Å². The highest BCUT2D eigenvalue weighted by Crippen LogP contribution is 2.44. The van der Waals surface area contributed by atoms with Gasteiger partial charge in [0.25, 0.3) is 0 Å². The molecule has 0 aliphatic carbocycles. The van der Waals surface area contributed by atoms with Crippen LogP contribution in [0.4, 0.5) is 10.1 Å². The van der Waals surface area contributed by atoms with Gasteiger partial charge in [0.1, 0.15) is 5.82 Å². The van der Waals surface area contributed by atoms with E-state index in [-0.39, 0.29) is 17.3 Å². The lowest BCUT2D eigenvalue weighted by atomic mass is 9.81. The zero-order valence-corrected chi connectivity index (χ0v) is 18.9. The van der Waals surface area contributed by atoms with Crippen LogP contribution in [0, 0.1) is 11.2 Å². The van der Waals surface area contributed by atoms with E-state index in [1.807, 2.05) is 6.07 Å². The summed E-state index contributed by atoms with van der Waals surface area (Å²) in [4.78, 5) is 16.4. The molecule has 4 N–H and O–H groups in total. The van der Waals surface area contributed by atoms with Crippen molar-refractivity contribution in [2.24, 2.45) is 0 Å². The number of carboxylic acid groups (broad SMARTS) is 1. The minimum Gasteiger partial charge on any atom is -0.478 e. The van der Waals surface area contributed by atoms with E-state index in [9.17, 15) is 14.3 Å². The van der Waals surface area contributed by atoms with Crippen LogP contribution < -0.4 is 5.73 Å². The predicted molar refractivity (Wildman–Crippen MR) is 135 cm³/mol. The number of nitrogens with two attached hydrogens (primary N) is 1. The number of carbonyl (C=O) groups is 1. The number of aromatic nitrogens is 1. The first kappa shape index (κ1) is 22.7. The zero-order chi connectivity index (χ0) is 24.5. The number of hydrogen-bond donors (Lipinski definition) is 3. The Balaban J connectivity index is 1.88. The molecule has 1 saturated heterocycles. The minimum atomic E-state index is -0.994. The van der Waals surface area contributed by atoms with Gasteiger partial charge in [-0.3, -0.25) is 0 Å². The van der Waals surface area contributed by atoms with E-state index in [0.717, 1.165) is 46.2 Å². The van der Waals surface area contributed by atoms with Gasteiger partial charge in [-0.15, -0.1) is 0 Å².